The Balaban J connectivity index is 1.66. The maximum Gasteiger partial charge on any atom is 0.352 e. The normalized spacial score (nSPS) is 24.6. The van der Waals surface area contributed by atoms with Gasteiger partial charge >= 0.3 is 11.9 Å². The van der Waals surface area contributed by atoms with Crippen molar-refractivity contribution < 1.29 is 29.0 Å². The highest BCUT2D eigenvalue weighted by atomic mass is 32.2. The van der Waals surface area contributed by atoms with Crippen LogP contribution in [0.4, 0.5) is 0 Å². The van der Waals surface area contributed by atoms with E-state index in [0.29, 0.717) is 11.3 Å². The smallest absolute Gasteiger partial charge is 0.352 e. The van der Waals surface area contributed by atoms with Crippen LogP contribution in [0, 0.1) is 0 Å². The summed E-state index contributed by atoms with van der Waals surface area (Å²) in [7, 11) is 0. The lowest BCUT2D eigenvalue weighted by Gasteiger charge is -2.49. The fourth-order valence-electron chi connectivity index (χ4n) is 2.87. The summed E-state index contributed by atoms with van der Waals surface area (Å²) >= 11 is 4.64. The molecule has 27 heavy (non-hydrogen) atoms. The van der Waals surface area contributed by atoms with E-state index in [0.717, 1.165) is 16.4 Å². The van der Waals surface area contributed by atoms with Gasteiger partial charge in [0.15, 0.2) is 0 Å². The molecule has 0 radical (unpaired) electrons. The van der Waals surface area contributed by atoms with Crippen molar-refractivity contribution in [1.82, 2.24) is 10.2 Å². The highest BCUT2D eigenvalue weighted by molar-refractivity contribution is 8.09. The third kappa shape index (κ3) is 4.46. The Morgan fingerprint density at radius 2 is 2.15 bits per heavy atom. The van der Waals surface area contributed by atoms with Gasteiger partial charge in [0.2, 0.25) is 5.91 Å². The summed E-state index contributed by atoms with van der Waals surface area (Å²) in [5.41, 5.74) is 0.218. The van der Waals surface area contributed by atoms with Gasteiger partial charge in [-0.1, -0.05) is 0 Å². The number of carbonyl (C=O) groups excluding carboxylic acids is 3. The molecule has 1 fully saturated rings. The predicted molar refractivity (Wildman–Crippen MR) is 104 cm³/mol. The van der Waals surface area contributed by atoms with Gasteiger partial charge in [-0.3, -0.25) is 19.3 Å². The lowest BCUT2D eigenvalue weighted by atomic mass is 10.0. The predicted octanol–water partition coefficient (Wildman–Crippen LogP) is 1.000. The quantitative estimate of drug-likeness (QED) is 0.471. The van der Waals surface area contributed by atoms with Crippen molar-refractivity contribution in [2.75, 3.05) is 23.9 Å². The Morgan fingerprint density at radius 3 is 2.78 bits per heavy atom. The van der Waals surface area contributed by atoms with E-state index >= 15 is 0 Å². The molecular weight excluding hydrogens is 412 g/mol. The number of thioether (sulfide) groups is 3. The molecule has 3 aliphatic rings. The van der Waals surface area contributed by atoms with Gasteiger partial charge in [0.25, 0.3) is 5.91 Å². The zero-order valence-corrected chi connectivity index (χ0v) is 16.9. The number of nitrogens with zero attached hydrogens (tertiary/aromatic N) is 1. The minimum Gasteiger partial charge on any atom is -0.477 e. The Hall–Kier alpha value is -1.59. The van der Waals surface area contributed by atoms with E-state index in [4.69, 9.17) is 4.74 Å². The largest absolute Gasteiger partial charge is 0.477 e. The zero-order chi connectivity index (χ0) is 19.6. The molecule has 1 saturated heterocycles. The Labute approximate surface area is 168 Å². The number of carboxylic acids is 1. The second kappa shape index (κ2) is 8.61. The molecule has 2 N–H and O–H groups in total. The van der Waals surface area contributed by atoms with Gasteiger partial charge < -0.3 is 15.2 Å². The number of nitrogens with one attached hydrogen (secondary N) is 1. The van der Waals surface area contributed by atoms with Crippen LogP contribution in [0.15, 0.2) is 21.6 Å². The van der Waals surface area contributed by atoms with Crippen molar-refractivity contribution >= 4 is 59.0 Å². The van der Waals surface area contributed by atoms with E-state index in [9.17, 15) is 24.3 Å². The number of amides is 2. The number of aliphatic carboxylic acids is 1. The van der Waals surface area contributed by atoms with Gasteiger partial charge in [-0.15, -0.1) is 35.3 Å². The number of carbonyl (C=O) groups is 4. The molecule has 0 aromatic carbocycles. The number of rotatable bonds is 6. The van der Waals surface area contributed by atoms with Crippen molar-refractivity contribution in [1.29, 1.82) is 0 Å². The summed E-state index contributed by atoms with van der Waals surface area (Å²) in [6.07, 6.45) is 0.220. The summed E-state index contributed by atoms with van der Waals surface area (Å²) < 4.78 is 4.89. The Morgan fingerprint density at radius 1 is 1.37 bits per heavy atom. The van der Waals surface area contributed by atoms with Crippen molar-refractivity contribution in [2.24, 2.45) is 0 Å². The fraction of sp³-hybridized carbons (Fsp3) is 0.500. The lowest BCUT2D eigenvalue weighted by molar-refractivity contribution is -0.151. The fourth-order valence-corrected chi connectivity index (χ4v) is 6.27. The first-order chi connectivity index (χ1) is 12.9. The van der Waals surface area contributed by atoms with Crippen molar-refractivity contribution in [3.63, 3.8) is 0 Å². The molecule has 0 aliphatic carbocycles. The summed E-state index contributed by atoms with van der Waals surface area (Å²) in [5, 5.41) is 13.7. The molecule has 0 saturated carbocycles. The Kier molecular flexibility index (Phi) is 6.43. The van der Waals surface area contributed by atoms with Crippen LogP contribution in [0.25, 0.3) is 0 Å². The molecule has 0 aromatic rings. The summed E-state index contributed by atoms with van der Waals surface area (Å²) in [5.74, 6) is -0.193. The van der Waals surface area contributed by atoms with Crippen LogP contribution in [0.5, 0.6) is 0 Å². The van der Waals surface area contributed by atoms with E-state index in [1.165, 1.54) is 23.6 Å². The third-order valence-electron chi connectivity index (χ3n) is 4.05. The lowest BCUT2D eigenvalue weighted by Crippen LogP contribution is -2.70. The molecule has 11 heteroatoms. The number of ether oxygens (including phenoxy) is 1. The summed E-state index contributed by atoms with van der Waals surface area (Å²) in [6.45, 7) is 1.07. The third-order valence-corrected chi connectivity index (χ3v) is 7.73. The highest BCUT2D eigenvalue weighted by Crippen LogP contribution is 2.40. The number of esters is 1. The average molecular weight is 431 g/mol. The van der Waals surface area contributed by atoms with E-state index < -0.39 is 29.3 Å². The molecule has 3 heterocycles. The molecule has 2 atom stereocenters. The van der Waals surface area contributed by atoms with Crippen molar-refractivity contribution in [2.45, 2.75) is 24.8 Å². The van der Waals surface area contributed by atoms with Crippen LogP contribution in [-0.4, -0.2) is 69.0 Å². The van der Waals surface area contributed by atoms with Gasteiger partial charge in [0.05, 0.1) is 6.42 Å². The van der Waals surface area contributed by atoms with Gasteiger partial charge in [0.1, 0.15) is 23.7 Å². The monoisotopic (exact) mass is 430 g/mol. The van der Waals surface area contributed by atoms with Crippen LogP contribution >= 0.6 is 35.3 Å². The van der Waals surface area contributed by atoms with E-state index in [2.05, 4.69) is 5.32 Å². The molecule has 0 bridgehead atoms. The molecule has 146 valence electrons. The zero-order valence-electron chi connectivity index (χ0n) is 14.4. The molecule has 2 amide bonds. The van der Waals surface area contributed by atoms with Crippen molar-refractivity contribution in [3.8, 4) is 0 Å². The van der Waals surface area contributed by atoms with Crippen LogP contribution < -0.4 is 5.32 Å². The molecule has 3 rings (SSSR count). The van der Waals surface area contributed by atoms with E-state index in [1.54, 1.807) is 23.5 Å². The highest BCUT2D eigenvalue weighted by Gasteiger charge is 2.54. The first kappa shape index (κ1) is 20.2. The number of hydrogen-bond acceptors (Lipinski definition) is 8. The first-order valence-corrected chi connectivity index (χ1v) is 11.2. The van der Waals surface area contributed by atoms with Crippen LogP contribution in [0.3, 0.4) is 0 Å². The minimum absolute atomic E-state index is 0.155. The molecular formula is C16H18N2O6S3. The van der Waals surface area contributed by atoms with Crippen LogP contribution in [0.2, 0.25) is 0 Å². The number of β-lactam (4-membered cyclic amide) rings is 1. The number of fused-ring (bicyclic) bond motifs is 1. The number of hydrogen-bond donors (Lipinski definition) is 2. The SMILES string of the molecule is CC(=O)OCC1=C(C(=O)O)N2C(=O)C(NC(=O)CC3=CSCCS3)C2SC1. The maximum atomic E-state index is 12.5. The summed E-state index contributed by atoms with van der Waals surface area (Å²) in [4.78, 5) is 49.5. The van der Waals surface area contributed by atoms with Crippen LogP contribution in [0.1, 0.15) is 13.3 Å². The molecule has 2 unspecified atom stereocenters. The minimum atomic E-state index is -1.25. The van der Waals surface area contributed by atoms with Crippen molar-refractivity contribution in [3.05, 3.63) is 21.6 Å². The van der Waals surface area contributed by atoms with Crippen LogP contribution in [-0.2, 0) is 23.9 Å². The van der Waals surface area contributed by atoms with Gasteiger partial charge in [-0.2, -0.15) is 0 Å². The molecule has 0 aromatic heterocycles. The van der Waals surface area contributed by atoms with Gasteiger partial charge in [-0.05, 0) is 5.41 Å². The number of carboxylic acid groups (broad SMARTS) is 1. The first-order valence-electron chi connectivity index (χ1n) is 8.14. The van der Waals surface area contributed by atoms with E-state index in [-0.39, 0.29) is 24.6 Å². The second-order valence-corrected chi connectivity index (χ2v) is 9.28. The average Bonchev–Trinajstić information content (AvgIpc) is 2.64. The Bertz CT molecular complexity index is 750. The van der Waals surface area contributed by atoms with E-state index in [1.807, 2.05) is 5.41 Å². The summed E-state index contributed by atoms with van der Waals surface area (Å²) in [6, 6.07) is -0.742. The topological polar surface area (TPSA) is 113 Å². The van der Waals surface area contributed by atoms with Gasteiger partial charge in [-0.25, -0.2) is 4.79 Å². The maximum absolute atomic E-state index is 12.5. The molecule has 8 nitrogen and oxygen atoms in total. The second-order valence-electron chi connectivity index (χ2n) is 5.97. The standard InChI is InChI=1S/C16H18N2O6S3/c1-8(19)24-5-9-6-27-15-12(14(21)18(15)13(9)16(22)23)17-11(20)4-10-7-25-2-3-26-10/h7,12,15H,2-6H2,1H3,(H,17,20)(H,22,23). The molecule has 0 spiro atoms. The van der Waals surface area contributed by atoms with Gasteiger partial charge in [0, 0.05) is 34.7 Å². The molecule has 3 aliphatic heterocycles.